The first-order chi connectivity index (χ1) is 8.87. The van der Waals surface area contributed by atoms with Gasteiger partial charge < -0.3 is 14.6 Å². The fraction of sp³-hybridized carbons (Fsp3) is 0.538. The summed E-state index contributed by atoms with van der Waals surface area (Å²) in [6.45, 7) is 4.96. The lowest BCUT2D eigenvalue weighted by molar-refractivity contribution is -0.147. The maximum atomic E-state index is 12.4. The van der Waals surface area contributed by atoms with Gasteiger partial charge in [-0.25, -0.2) is 0 Å². The Morgan fingerprint density at radius 2 is 2.21 bits per heavy atom. The molecule has 1 saturated heterocycles. The number of hydrogen-bond donors (Lipinski definition) is 1. The fourth-order valence-corrected chi connectivity index (χ4v) is 2.61. The van der Waals surface area contributed by atoms with E-state index in [9.17, 15) is 14.7 Å². The Hall–Kier alpha value is -1.49. The molecule has 1 aromatic rings. The standard InChI is InChI=1S/C13H17ClN2O3/c1-3-15-7-9(14)6-10(15)11(17)16-5-4-13(2,8-16)12(18)19/h6-7H,3-5,8H2,1-2H3,(H,18,19). The highest BCUT2D eigenvalue weighted by molar-refractivity contribution is 6.31. The molecule has 1 amide bonds. The first-order valence-corrected chi connectivity index (χ1v) is 6.63. The van der Waals surface area contributed by atoms with Crippen LogP contribution in [-0.2, 0) is 11.3 Å². The van der Waals surface area contributed by atoms with Gasteiger partial charge >= 0.3 is 5.97 Å². The highest BCUT2D eigenvalue weighted by atomic mass is 35.5. The number of halogens is 1. The molecule has 0 saturated carbocycles. The smallest absolute Gasteiger partial charge is 0.311 e. The Morgan fingerprint density at radius 1 is 1.53 bits per heavy atom. The van der Waals surface area contributed by atoms with Crippen molar-refractivity contribution in [3.8, 4) is 0 Å². The summed E-state index contributed by atoms with van der Waals surface area (Å²) in [5, 5.41) is 9.70. The second kappa shape index (κ2) is 4.89. The number of carboxylic acids is 1. The number of carbonyl (C=O) groups excluding carboxylic acids is 1. The van der Waals surface area contributed by atoms with E-state index in [2.05, 4.69) is 0 Å². The molecule has 0 radical (unpaired) electrons. The Kier molecular flexibility index (Phi) is 3.58. The summed E-state index contributed by atoms with van der Waals surface area (Å²) in [5.74, 6) is -1.01. The zero-order valence-electron chi connectivity index (χ0n) is 11.0. The minimum Gasteiger partial charge on any atom is -0.481 e. The number of nitrogens with zero attached hydrogens (tertiary/aromatic N) is 2. The Bertz CT molecular complexity index is 526. The molecule has 1 aromatic heterocycles. The van der Waals surface area contributed by atoms with Crippen LogP contribution in [0.15, 0.2) is 12.3 Å². The largest absolute Gasteiger partial charge is 0.481 e. The molecule has 1 unspecified atom stereocenters. The Labute approximate surface area is 116 Å². The van der Waals surface area contributed by atoms with E-state index in [0.29, 0.717) is 30.2 Å². The first-order valence-electron chi connectivity index (χ1n) is 6.26. The molecule has 1 N–H and O–H groups in total. The maximum Gasteiger partial charge on any atom is 0.311 e. The average Bonchev–Trinajstić information content (AvgIpc) is 2.93. The first kappa shape index (κ1) is 13.9. The molecular formula is C13H17ClN2O3. The minimum atomic E-state index is -0.855. The van der Waals surface area contributed by atoms with Crippen molar-refractivity contribution in [1.82, 2.24) is 9.47 Å². The highest BCUT2D eigenvalue weighted by Gasteiger charge is 2.42. The van der Waals surface area contributed by atoms with E-state index in [1.807, 2.05) is 6.92 Å². The van der Waals surface area contributed by atoms with Crippen LogP contribution in [-0.4, -0.2) is 39.5 Å². The van der Waals surface area contributed by atoms with Crippen molar-refractivity contribution in [2.24, 2.45) is 5.41 Å². The molecule has 1 fully saturated rings. The molecular weight excluding hydrogens is 268 g/mol. The number of carboxylic acid groups (broad SMARTS) is 1. The number of rotatable bonds is 3. The molecule has 104 valence electrons. The van der Waals surface area contributed by atoms with Gasteiger partial charge in [0, 0.05) is 25.8 Å². The molecule has 5 nitrogen and oxygen atoms in total. The van der Waals surface area contributed by atoms with Crippen molar-refractivity contribution in [3.05, 3.63) is 23.0 Å². The lowest BCUT2D eigenvalue weighted by Crippen LogP contribution is -2.35. The molecule has 0 bridgehead atoms. The maximum absolute atomic E-state index is 12.4. The number of amides is 1. The van der Waals surface area contributed by atoms with E-state index in [-0.39, 0.29) is 12.5 Å². The topological polar surface area (TPSA) is 62.5 Å². The quantitative estimate of drug-likeness (QED) is 0.924. The van der Waals surface area contributed by atoms with E-state index in [1.54, 1.807) is 28.7 Å². The number of carbonyl (C=O) groups is 2. The third-order valence-corrected chi connectivity index (χ3v) is 3.91. The summed E-state index contributed by atoms with van der Waals surface area (Å²) in [7, 11) is 0. The van der Waals surface area contributed by atoms with Crippen LogP contribution in [0.4, 0.5) is 0 Å². The average molecular weight is 285 g/mol. The van der Waals surface area contributed by atoms with Crippen LogP contribution in [0.1, 0.15) is 30.8 Å². The van der Waals surface area contributed by atoms with Gasteiger partial charge in [-0.05, 0) is 26.3 Å². The third-order valence-electron chi connectivity index (χ3n) is 3.70. The summed E-state index contributed by atoms with van der Waals surface area (Å²) >= 11 is 5.92. The van der Waals surface area contributed by atoms with Gasteiger partial charge in [-0.1, -0.05) is 11.6 Å². The molecule has 19 heavy (non-hydrogen) atoms. The molecule has 6 heteroatoms. The van der Waals surface area contributed by atoms with Gasteiger partial charge in [-0.15, -0.1) is 0 Å². The normalized spacial score (nSPS) is 22.8. The predicted octanol–water partition coefficient (Wildman–Crippen LogP) is 2.10. The van der Waals surface area contributed by atoms with Crippen molar-refractivity contribution in [2.45, 2.75) is 26.8 Å². The molecule has 0 aromatic carbocycles. The van der Waals surface area contributed by atoms with Crippen LogP contribution in [0.25, 0.3) is 0 Å². The van der Waals surface area contributed by atoms with Gasteiger partial charge in [0.1, 0.15) is 5.69 Å². The second-order valence-electron chi connectivity index (χ2n) is 5.17. The summed E-state index contributed by atoms with van der Waals surface area (Å²) in [5.41, 5.74) is -0.328. The zero-order chi connectivity index (χ0) is 14.2. The molecule has 0 spiro atoms. The lowest BCUT2D eigenvalue weighted by Gasteiger charge is -2.20. The van der Waals surface area contributed by atoms with Gasteiger partial charge in [0.15, 0.2) is 0 Å². The molecule has 1 aliphatic rings. The number of aromatic nitrogens is 1. The van der Waals surface area contributed by atoms with Crippen LogP contribution in [0.3, 0.4) is 0 Å². The van der Waals surface area contributed by atoms with Crippen LogP contribution in [0.5, 0.6) is 0 Å². The van der Waals surface area contributed by atoms with E-state index < -0.39 is 11.4 Å². The minimum absolute atomic E-state index is 0.154. The van der Waals surface area contributed by atoms with Gasteiger partial charge in [-0.3, -0.25) is 9.59 Å². The number of aliphatic carboxylic acids is 1. The summed E-state index contributed by atoms with van der Waals surface area (Å²) in [6, 6.07) is 1.63. The van der Waals surface area contributed by atoms with Crippen molar-refractivity contribution >= 4 is 23.5 Å². The Morgan fingerprint density at radius 3 is 2.74 bits per heavy atom. The van der Waals surface area contributed by atoms with E-state index in [0.717, 1.165) is 0 Å². The van der Waals surface area contributed by atoms with Gasteiger partial charge in [0.25, 0.3) is 5.91 Å². The predicted molar refractivity (Wildman–Crippen MR) is 71.4 cm³/mol. The number of aryl methyl sites for hydroxylation is 1. The number of likely N-dealkylation sites (tertiary alicyclic amines) is 1. The lowest BCUT2D eigenvalue weighted by atomic mass is 9.90. The van der Waals surface area contributed by atoms with Crippen molar-refractivity contribution in [2.75, 3.05) is 13.1 Å². The Balaban J connectivity index is 2.20. The van der Waals surface area contributed by atoms with E-state index in [4.69, 9.17) is 11.6 Å². The summed E-state index contributed by atoms with van der Waals surface area (Å²) in [6.07, 6.45) is 2.19. The monoisotopic (exact) mass is 284 g/mol. The van der Waals surface area contributed by atoms with E-state index in [1.165, 1.54) is 0 Å². The number of hydrogen-bond acceptors (Lipinski definition) is 2. The van der Waals surface area contributed by atoms with Crippen LogP contribution in [0, 0.1) is 5.41 Å². The van der Waals surface area contributed by atoms with Gasteiger partial charge in [0.05, 0.1) is 10.4 Å². The summed E-state index contributed by atoms with van der Waals surface area (Å²) in [4.78, 5) is 25.2. The second-order valence-corrected chi connectivity index (χ2v) is 5.61. The van der Waals surface area contributed by atoms with Crippen LogP contribution in [0.2, 0.25) is 5.02 Å². The van der Waals surface area contributed by atoms with Crippen molar-refractivity contribution in [3.63, 3.8) is 0 Å². The molecule has 1 aliphatic heterocycles. The molecule has 2 rings (SSSR count). The third kappa shape index (κ3) is 2.47. The summed E-state index contributed by atoms with van der Waals surface area (Å²) < 4.78 is 1.78. The van der Waals surface area contributed by atoms with E-state index >= 15 is 0 Å². The SMILES string of the molecule is CCn1cc(Cl)cc1C(=O)N1CCC(C)(C(=O)O)C1. The van der Waals surface area contributed by atoms with Crippen molar-refractivity contribution < 1.29 is 14.7 Å². The molecule has 2 heterocycles. The molecule has 1 atom stereocenters. The highest BCUT2D eigenvalue weighted by Crippen LogP contribution is 2.31. The van der Waals surface area contributed by atoms with Crippen molar-refractivity contribution in [1.29, 1.82) is 0 Å². The molecule has 0 aliphatic carbocycles. The fourth-order valence-electron chi connectivity index (χ4n) is 2.39. The van der Waals surface area contributed by atoms with Gasteiger partial charge in [-0.2, -0.15) is 0 Å². The van der Waals surface area contributed by atoms with Gasteiger partial charge in [0.2, 0.25) is 0 Å². The zero-order valence-corrected chi connectivity index (χ0v) is 11.8. The van der Waals surface area contributed by atoms with Crippen LogP contribution < -0.4 is 0 Å². The van der Waals surface area contributed by atoms with Crippen LogP contribution >= 0.6 is 11.6 Å².